The lowest BCUT2D eigenvalue weighted by molar-refractivity contribution is -0.139. The molecule has 0 spiro atoms. The summed E-state index contributed by atoms with van der Waals surface area (Å²) in [6.07, 6.45) is 0. The fourth-order valence-corrected chi connectivity index (χ4v) is 4.78. The Morgan fingerprint density at radius 1 is 1.08 bits per heavy atom. The number of esters is 1. The molecule has 8 nitrogen and oxygen atoms in total. The fourth-order valence-electron chi connectivity index (χ4n) is 4.78. The third kappa shape index (κ3) is 5.64. The standard InChI is InChI=1S/C27H30F2N4O4/c1-4-37-26(35)23-22(31(3)27(36)30-24(23)18-8-10-20(28)11-9-18)16-32-12-13-33(17(2)15-32)25(34)19-6-5-7-21(29)14-19/h5-11,14,17,24H,4,12-13,15-16H2,1-3H3,(H,30,36). The quantitative estimate of drug-likeness (QED) is 0.601. The Bertz CT molecular complexity index is 1220. The van der Waals surface area contributed by atoms with Crippen LogP contribution in [-0.2, 0) is 9.53 Å². The van der Waals surface area contributed by atoms with Gasteiger partial charge in [0, 0.05) is 50.5 Å². The van der Waals surface area contributed by atoms with Gasteiger partial charge >= 0.3 is 12.0 Å². The van der Waals surface area contributed by atoms with Crippen LogP contribution in [0.5, 0.6) is 0 Å². The van der Waals surface area contributed by atoms with Crippen LogP contribution in [0, 0.1) is 11.6 Å². The molecule has 2 aliphatic heterocycles. The smallest absolute Gasteiger partial charge is 0.338 e. The van der Waals surface area contributed by atoms with Gasteiger partial charge in [0.05, 0.1) is 18.2 Å². The monoisotopic (exact) mass is 512 g/mol. The van der Waals surface area contributed by atoms with Crippen molar-refractivity contribution in [3.63, 3.8) is 0 Å². The average molecular weight is 513 g/mol. The Morgan fingerprint density at radius 2 is 1.81 bits per heavy atom. The lowest BCUT2D eigenvalue weighted by Gasteiger charge is -2.42. The van der Waals surface area contributed by atoms with Gasteiger partial charge in [0.25, 0.3) is 5.91 Å². The Labute approximate surface area is 214 Å². The topological polar surface area (TPSA) is 82.2 Å². The lowest BCUT2D eigenvalue weighted by Crippen LogP contribution is -2.56. The summed E-state index contributed by atoms with van der Waals surface area (Å²) in [7, 11) is 1.58. The summed E-state index contributed by atoms with van der Waals surface area (Å²) in [6.45, 7) is 5.40. The summed E-state index contributed by atoms with van der Waals surface area (Å²) in [5, 5.41) is 2.82. The van der Waals surface area contributed by atoms with Crippen molar-refractivity contribution in [3.8, 4) is 0 Å². The van der Waals surface area contributed by atoms with E-state index in [1.54, 1.807) is 24.9 Å². The number of nitrogens with zero attached hydrogens (tertiary/aromatic N) is 3. The Morgan fingerprint density at radius 3 is 2.46 bits per heavy atom. The van der Waals surface area contributed by atoms with Gasteiger partial charge < -0.3 is 15.0 Å². The first-order valence-corrected chi connectivity index (χ1v) is 12.2. The van der Waals surface area contributed by atoms with Crippen molar-refractivity contribution < 1.29 is 27.9 Å². The largest absolute Gasteiger partial charge is 0.463 e. The highest BCUT2D eigenvalue weighted by molar-refractivity contribution is 5.95. The van der Waals surface area contributed by atoms with Crippen molar-refractivity contribution in [1.29, 1.82) is 0 Å². The third-order valence-electron chi connectivity index (χ3n) is 6.69. The number of rotatable bonds is 6. The van der Waals surface area contributed by atoms with Crippen molar-refractivity contribution >= 4 is 17.9 Å². The van der Waals surface area contributed by atoms with E-state index in [9.17, 15) is 23.2 Å². The SMILES string of the molecule is CCOC(=O)C1=C(CN2CCN(C(=O)c3cccc(F)c3)C(C)C2)N(C)C(=O)NC1c1ccc(F)cc1. The summed E-state index contributed by atoms with van der Waals surface area (Å²) >= 11 is 0. The van der Waals surface area contributed by atoms with Crippen LogP contribution in [0.4, 0.5) is 13.6 Å². The maximum Gasteiger partial charge on any atom is 0.338 e. The van der Waals surface area contributed by atoms with E-state index in [1.165, 1.54) is 47.4 Å². The molecule has 10 heteroatoms. The third-order valence-corrected chi connectivity index (χ3v) is 6.69. The number of ether oxygens (including phenoxy) is 1. The molecule has 0 aromatic heterocycles. The van der Waals surface area contributed by atoms with Crippen molar-refractivity contribution in [2.75, 3.05) is 39.8 Å². The molecule has 2 aromatic carbocycles. The number of piperazine rings is 1. The van der Waals surface area contributed by atoms with Crippen LogP contribution < -0.4 is 5.32 Å². The molecule has 2 aromatic rings. The van der Waals surface area contributed by atoms with Gasteiger partial charge in [0.15, 0.2) is 0 Å². The molecule has 0 radical (unpaired) electrons. The normalized spacial score (nSPS) is 20.6. The van der Waals surface area contributed by atoms with Gasteiger partial charge in [-0.3, -0.25) is 14.6 Å². The molecule has 196 valence electrons. The van der Waals surface area contributed by atoms with E-state index in [0.29, 0.717) is 36.5 Å². The number of carbonyl (C=O) groups excluding carboxylic acids is 3. The van der Waals surface area contributed by atoms with E-state index in [2.05, 4.69) is 10.2 Å². The van der Waals surface area contributed by atoms with Gasteiger partial charge in [-0.15, -0.1) is 0 Å². The fraction of sp³-hybridized carbons (Fsp3) is 0.370. The molecule has 2 atom stereocenters. The Hall–Kier alpha value is -3.79. The molecule has 4 rings (SSSR count). The van der Waals surface area contributed by atoms with Crippen LogP contribution in [0.15, 0.2) is 59.8 Å². The minimum Gasteiger partial charge on any atom is -0.463 e. The second-order valence-corrected chi connectivity index (χ2v) is 9.17. The minimum atomic E-state index is -0.799. The Kier molecular flexibility index (Phi) is 7.87. The zero-order valence-corrected chi connectivity index (χ0v) is 21.0. The molecule has 0 bridgehead atoms. The van der Waals surface area contributed by atoms with Crippen LogP contribution in [0.2, 0.25) is 0 Å². The van der Waals surface area contributed by atoms with E-state index in [4.69, 9.17) is 4.74 Å². The summed E-state index contributed by atoms with van der Waals surface area (Å²) in [5.41, 5.74) is 1.61. The summed E-state index contributed by atoms with van der Waals surface area (Å²) in [5.74, 6) is -1.70. The zero-order chi connectivity index (χ0) is 26.7. The molecule has 1 saturated heterocycles. The van der Waals surface area contributed by atoms with Crippen LogP contribution in [0.3, 0.4) is 0 Å². The highest BCUT2D eigenvalue weighted by Crippen LogP contribution is 2.32. The first-order valence-electron chi connectivity index (χ1n) is 12.2. The van der Waals surface area contributed by atoms with Crippen molar-refractivity contribution in [2.24, 2.45) is 0 Å². The lowest BCUT2D eigenvalue weighted by atomic mass is 9.94. The van der Waals surface area contributed by atoms with Gasteiger partial charge in [-0.2, -0.15) is 0 Å². The summed E-state index contributed by atoms with van der Waals surface area (Å²) < 4.78 is 32.5. The van der Waals surface area contributed by atoms with Crippen molar-refractivity contribution in [3.05, 3.63) is 82.6 Å². The molecule has 2 aliphatic rings. The molecule has 2 heterocycles. The second-order valence-electron chi connectivity index (χ2n) is 9.17. The van der Waals surface area contributed by atoms with Gasteiger partial charge in [-0.05, 0) is 49.7 Å². The second kappa shape index (κ2) is 11.1. The average Bonchev–Trinajstić information content (AvgIpc) is 2.87. The molecule has 0 saturated carbocycles. The molecular weight excluding hydrogens is 482 g/mol. The highest BCUT2D eigenvalue weighted by atomic mass is 19.1. The Balaban J connectivity index is 1.59. The predicted octanol–water partition coefficient (Wildman–Crippen LogP) is 3.32. The molecule has 2 unspecified atom stereocenters. The molecule has 0 aliphatic carbocycles. The van der Waals surface area contributed by atoms with Gasteiger partial charge in [-0.25, -0.2) is 18.4 Å². The molecule has 37 heavy (non-hydrogen) atoms. The number of halogens is 2. The van der Waals surface area contributed by atoms with Crippen molar-refractivity contribution in [2.45, 2.75) is 25.9 Å². The van der Waals surface area contributed by atoms with Crippen LogP contribution >= 0.6 is 0 Å². The van der Waals surface area contributed by atoms with Gasteiger partial charge in [0.2, 0.25) is 0 Å². The van der Waals surface area contributed by atoms with Gasteiger partial charge in [-0.1, -0.05) is 18.2 Å². The number of hydrogen-bond acceptors (Lipinski definition) is 5. The number of nitrogens with one attached hydrogen (secondary N) is 1. The van der Waals surface area contributed by atoms with Crippen molar-refractivity contribution in [1.82, 2.24) is 20.0 Å². The van der Waals surface area contributed by atoms with E-state index in [-0.39, 0.29) is 30.7 Å². The first-order chi connectivity index (χ1) is 17.7. The number of likely N-dealkylation sites (N-methyl/N-ethyl adjacent to an activating group) is 1. The first kappa shape index (κ1) is 26.3. The maximum absolute atomic E-state index is 13.6. The van der Waals surface area contributed by atoms with E-state index < -0.39 is 29.7 Å². The highest BCUT2D eigenvalue weighted by Gasteiger charge is 2.38. The van der Waals surface area contributed by atoms with E-state index in [1.807, 2.05) is 6.92 Å². The number of carbonyl (C=O) groups is 3. The zero-order valence-electron chi connectivity index (χ0n) is 21.0. The molecular formula is C27H30F2N4O4. The van der Waals surface area contributed by atoms with E-state index in [0.717, 1.165) is 0 Å². The predicted molar refractivity (Wildman–Crippen MR) is 132 cm³/mol. The molecule has 3 amide bonds. The molecule has 1 fully saturated rings. The minimum absolute atomic E-state index is 0.154. The van der Waals surface area contributed by atoms with Gasteiger partial charge in [0.1, 0.15) is 11.6 Å². The number of urea groups is 1. The van der Waals surface area contributed by atoms with E-state index >= 15 is 0 Å². The van der Waals surface area contributed by atoms with Crippen LogP contribution in [0.1, 0.15) is 35.8 Å². The number of hydrogen-bond donors (Lipinski definition) is 1. The number of benzene rings is 2. The summed E-state index contributed by atoms with van der Waals surface area (Å²) in [6, 6.07) is 9.84. The van der Waals surface area contributed by atoms with Crippen LogP contribution in [0.25, 0.3) is 0 Å². The summed E-state index contributed by atoms with van der Waals surface area (Å²) in [4.78, 5) is 44.1. The molecule has 1 N–H and O–H groups in total. The number of amides is 3. The van der Waals surface area contributed by atoms with Crippen LogP contribution in [-0.4, -0.2) is 78.5 Å². The maximum atomic E-state index is 13.6.